The first kappa shape index (κ1) is 18.2. The molecule has 0 bridgehead atoms. The quantitative estimate of drug-likeness (QED) is 0.777. The van der Waals surface area contributed by atoms with Gasteiger partial charge < -0.3 is 10.2 Å². The molecular weight excluding hydrogens is 328 g/mol. The second-order valence-electron chi connectivity index (χ2n) is 6.85. The molecule has 0 aliphatic heterocycles. The predicted octanol–water partition coefficient (Wildman–Crippen LogP) is 2.54. The SMILES string of the molecule is C=CC(=O)N(CCC(=O)NC1CCCC1)Cc1nn(C)c2ccccc12. The largest absolute Gasteiger partial charge is 0.353 e. The molecule has 1 saturated carbocycles. The summed E-state index contributed by atoms with van der Waals surface area (Å²) in [7, 11) is 1.89. The van der Waals surface area contributed by atoms with Crippen LogP contribution in [0, 0.1) is 0 Å². The smallest absolute Gasteiger partial charge is 0.246 e. The minimum atomic E-state index is -0.187. The number of nitrogens with one attached hydrogen (secondary N) is 1. The number of nitrogens with zero attached hydrogens (tertiary/aromatic N) is 3. The molecule has 1 aliphatic rings. The number of rotatable bonds is 7. The summed E-state index contributed by atoms with van der Waals surface area (Å²) in [6.45, 7) is 4.30. The number of carbonyl (C=O) groups excluding carboxylic acids is 2. The van der Waals surface area contributed by atoms with Gasteiger partial charge in [-0.25, -0.2) is 0 Å². The molecular formula is C20H26N4O2. The second-order valence-corrected chi connectivity index (χ2v) is 6.85. The minimum Gasteiger partial charge on any atom is -0.353 e. The van der Waals surface area contributed by atoms with Crippen molar-refractivity contribution in [3.05, 3.63) is 42.6 Å². The van der Waals surface area contributed by atoms with E-state index in [1.807, 2.05) is 36.0 Å². The summed E-state index contributed by atoms with van der Waals surface area (Å²) in [5.41, 5.74) is 1.85. The summed E-state index contributed by atoms with van der Waals surface area (Å²) in [6.07, 6.45) is 6.06. The van der Waals surface area contributed by atoms with Crippen molar-refractivity contribution < 1.29 is 9.59 Å². The molecule has 2 aromatic rings. The van der Waals surface area contributed by atoms with Crippen LogP contribution < -0.4 is 5.32 Å². The van der Waals surface area contributed by atoms with Crippen molar-refractivity contribution in [2.45, 2.75) is 44.7 Å². The van der Waals surface area contributed by atoms with Gasteiger partial charge in [-0.15, -0.1) is 0 Å². The van der Waals surface area contributed by atoms with Gasteiger partial charge in [0.25, 0.3) is 0 Å². The summed E-state index contributed by atoms with van der Waals surface area (Å²) in [6, 6.07) is 8.23. The molecule has 1 aromatic carbocycles. The molecule has 0 atom stereocenters. The van der Waals surface area contributed by atoms with Crippen molar-refractivity contribution in [3.63, 3.8) is 0 Å². The van der Waals surface area contributed by atoms with Crippen LogP contribution in [0.2, 0.25) is 0 Å². The molecule has 1 heterocycles. The van der Waals surface area contributed by atoms with E-state index in [0.717, 1.165) is 29.4 Å². The van der Waals surface area contributed by atoms with Gasteiger partial charge in [-0.3, -0.25) is 14.3 Å². The van der Waals surface area contributed by atoms with Crippen molar-refractivity contribution >= 4 is 22.7 Å². The molecule has 6 heteroatoms. The van der Waals surface area contributed by atoms with E-state index in [2.05, 4.69) is 17.0 Å². The lowest BCUT2D eigenvalue weighted by Crippen LogP contribution is -2.37. The fourth-order valence-electron chi connectivity index (χ4n) is 3.59. The standard InChI is InChI=1S/C20H26N4O2/c1-3-20(26)24(13-12-19(25)21-15-8-4-5-9-15)14-17-16-10-6-7-11-18(16)23(2)22-17/h3,6-7,10-11,15H,1,4-5,8-9,12-14H2,2H3,(H,21,25). The average molecular weight is 354 g/mol. The van der Waals surface area contributed by atoms with Crippen LogP contribution in [0.3, 0.4) is 0 Å². The second kappa shape index (κ2) is 8.17. The molecule has 1 aliphatic carbocycles. The van der Waals surface area contributed by atoms with Crippen LogP contribution in [0.4, 0.5) is 0 Å². The molecule has 26 heavy (non-hydrogen) atoms. The third-order valence-corrected chi connectivity index (χ3v) is 4.99. The zero-order valence-corrected chi connectivity index (χ0v) is 15.3. The molecule has 6 nitrogen and oxygen atoms in total. The van der Waals surface area contributed by atoms with Crippen molar-refractivity contribution in [1.29, 1.82) is 0 Å². The summed E-state index contributed by atoms with van der Waals surface area (Å²) in [5, 5.41) is 8.63. The third-order valence-electron chi connectivity index (χ3n) is 4.99. The number of amides is 2. The highest BCUT2D eigenvalue weighted by Gasteiger charge is 2.20. The van der Waals surface area contributed by atoms with E-state index in [-0.39, 0.29) is 11.8 Å². The van der Waals surface area contributed by atoms with Gasteiger partial charge in [0.05, 0.1) is 17.8 Å². The first-order chi connectivity index (χ1) is 12.6. The van der Waals surface area contributed by atoms with Gasteiger partial charge in [0, 0.05) is 31.4 Å². The van der Waals surface area contributed by atoms with Crippen LogP contribution in [0.15, 0.2) is 36.9 Å². The van der Waals surface area contributed by atoms with Crippen molar-refractivity contribution in [3.8, 4) is 0 Å². The third kappa shape index (κ3) is 4.12. The maximum atomic E-state index is 12.3. The van der Waals surface area contributed by atoms with Gasteiger partial charge in [-0.1, -0.05) is 37.6 Å². The summed E-state index contributed by atoms with van der Waals surface area (Å²) < 4.78 is 1.81. The van der Waals surface area contributed by atoms with E-state index in [9.17, 15) is 9.59 Å². The Morgan fingerprint density at radius 1 is 1.35 bits per heavy atom. The van der Waals surface area contributed by atoms with E-state index in [4.69, 9.17) is 0 Å². The molecule has 2 amide bonds. The minimum absolute atomic E-state index is 0.00430. The molecule has 1 N–H and O–H groups in total. The highest BCUT2D eigenvalue weighted by atomic mass is 16.2. The summed E-state index contributed by atoms with van der Waals surface area (Å²) in [5.74, 6) is -0.182. The van der Waals surface area contributed by atoms with Gasteiger partial charge in [-0.2, -0.15) is 5.10 Å². The Kier molecular flexibility index (Phi) is 5.71. The van der Waals surface area contributed by atoms with E-state index in [1.165, 1.54) is 18.9 Å². The van der Waals surface area contributed by atoms with Crippen LogP contribution in [-0.2, 0) is 23.2 Å². The number of aromatic nitrogens is 2. The van der Waals surface area contributed by atoms with Crippen LogP contribution in [-0.4, -0.2) is 39.1 Å². The van der Waals surface area contributed by atoms with Gasteiger partial charge in [-0.05, 0) is 25.0 Å². The normalized spacial score (nSPS) is 14.5. The number of aryl methyl sites for hydroxylation is 1. The van der Waals surface area contributed by atoms with Gasteiger partial charge in [0.15, 0.2) is 0 Å². The zero-order chi connectivity index (χ0) is 18.5. The Balaban J connectivity index is 1.66. The van der Waals surface area contributed by atoms with Crippen molar-refractivity contribution in [1.82, 2.24) is 20.0 Å². The van der Waals surface area contributed by atoms with Crippen molar-refractivity contribution in [2.75, 3.05) is 6.54 Å². The van der Waals surface area contributed by atoms with Crippen LogP contribution in [0.1, 0.15) is 37.8 Å². The Labute approximate surface area is 153 Å². The van der Waals surface area contributed by atoms with E-state index in [1.54, 1.807) is 4.90 Å². The van der Waals surface area contributed by atoms with Crippen LogP contribution >= 0.6 is 0 Å². The molecule has 0 spiro atoms. The molecule has 0 saturated heterocycles. The number of hydrogen-bond donors (Lipinski definition) is 1. The Morgan fingerprint density at radius 2 is 2.08 bits per heavy atom. The molecule has 138 valence electrons. The van der Waals surface area contributed by atoms with Crippen LogP contribution in [0.25, 0.3) is 10.9 Å². The fraction of sp³-hybridized carbons (Fsp3) is 0.450. The number of carbonyl (C=O) groups is 2. The first-order valence-electron chi connectivity index (χ1n) is 9.20. The van der Waals surface area contributed by atoms with E-state index in [0.29, 0.717) is 25.6 Å². The lowest BCUT2D eigenvalue weighted by molar-refractivity contribution is -0.128. The maximum Gasteiger partial charge on any atom is 0.246 e. The summed E-state index contributed by atoms with van der Waals surface area (Å²) >= 11 is 0. The molecule has 3 rings (SSSR count). The molecule has 0 radical (unpaired) electrons. The average Bonchev–Trinajstić information content (AvgIpc) is 3.26. The monoisotopic (exact) mass is 354 g/mol. The highest BCUT2D eigenvalue weighted by molar-refractivity contribution is 5.88. The Bertz CT molecular complexity index is 805. The molecule has 1 aromatic heterocycles. The number of fused-ring (bicyclic) bond motifs is 1. The predicted molar refractivity (Wildman–Crippen MR) is 101 cm³/mol. The van der Waals surface area contributed by atoms with Crippen LogP contribution in [0.5, 0.6) is 0 Å². The number of hydrogen-bond acceptors (Lipinski definition) is 3. The topological polar surface area (TPSA) is 67.2 Å². The van der Waals surface area contributed by atoms with Gasteiger partial charge in [0.2, 0.25) is 11.8 Å². The highest BCUT2D eigenvalue weighted by Crippen LogP contribution is 2.20. The number of benzene rings is 1. The van der Waals surface area contributed by atoms with Gasteiger partial charge in [0.1, 0.15) is 0 Å². The first-order valence-corrected chi connectivity index (χ1v) is 9.20. The Morgan fingerprint density at radius 3 is 2.81 bits per heavy atom. The maximum absolute atomic E-state index is 12.3. The summed E-state index contributed by atoms with van der Waals surface area (Å²) in [4.78, 5) is 26.1. The zero-order valence-electron chi connectivity index (χ0n) is 15.3. The fourth-order valence-corrected chi connectivity index (χ4v) is 3.59. The van der Waals surface area contributed by atoms with E-state index >= 15 is 0 Å². The van der Waals surface area contributed by atoms with Gasteiger partial charge >= 0.3 is 0 Å². The van der Waals surface area contributed by atoms with Crippen molar-refractivity contribution in [2.24, 2.45) is 7.05 Å². The van der Waals surface area contributed by atoms with E-state index < -0.39 is 0 Å². The lowest BCUT2D eigenvalue weighted by Gasteiger charge is -2.21. The Hall–Kier alpha value is -2.63. The molecule has 1 fully saturated rings. The lowest BCUT2D eigenvalue weighted by atomic mass is 10.2. The molecule has 0 unspecified atom stereocenters. The number of para-hydroxylation sites is 1.